The lowest BCUT2D eigenvalue weighted by Crippen LogP contribution is -2.47. The Kier molecular flexibility index (Phi) is 3.70. The topological polar surface area (TPSA) is 113 Å². The molecule has 0 fully saturated rings. The lowest BCUT2D eigenvalue weighted by atomic mass is 9.87. The standard InChI is InChI=1S/C12H16N2O5S/c1-2-20(17,18)8-12(13)5-6-19-11-4-3-9(14(15)16)7-10(11)12/h3-4,7H,2,5-6,8,13H2,1H3/t12-/m0/s1. The van der Waals surface area contributed by atoms with Crippen LogP contribution in [0.25, 0.3) is 0 Å². The Bertz CT molecular complexity index is 643. The van der Waals surface area contributed by atoms with E-state index in [0.717, 1.165) is 0 Å². The minimum absolute atomic E-state index is 0.0168. The van der Waals surface area contributed by atoms with E-state index in [1.807, 2.05) is 0 Å². The fourth-order valence-electron chi connectivity index (χ4n) is 2.27. The van der Waals surface area contributed by atoms with Gasteiger partial charge in [0.15, 0.2) is 9.84 Å². The first-order valence-corrected chi connectivity index (χ1v) is 8.00. The number of ether oxygens (including phenoxy) is 1. The average Bonchev–Trinajstić information content (AvgIpc) is 2.38. The molecule has 1 heterocycles. The van der Waals surface area contributed by atoms with Gasteiger partial charge < -0.3 is 10.5 Å². The van der Waals surface area contributed by atoms with Gasteiger partial charge in [0.05, 0.1) is 22.8 Å². The highest BCUT2D eigenvalue weighted by Gasteiger charge is 2.38. The van der Waals surface area contributed by atoms with E-state index < -0.39 is 20.3 Å². The second-order valence-electron chi connectivity index (χ2n) is 4.87. The summed E-state index contributed by atoms with van der Waals surface area (Å²) < 4.78 is 29.1. The second kappa shape index (κ2) is 5.02. The van der Waals surface area contributed by atoms with E-state index in [2.05, 4.69) is 0 Å². The minimum Gasteiger partial charge on any atom is -0.493 e. The third-order valence-corrected chi connectivity index (χ3v) is 5.27. The molecule has 0 aliphatic carbocycles. The van der Waals surface area contributed by atoms with Gasteiger partial charge in [0, 0.05) is 29.9 Å². The van der Waals surface area contributed by atoms with Gasteiger partial charge in [-0.05, 0) is 6.07 Å². The number of hydrogen-bond acceptors (Lipinski definition) is 6. The summed E-state index contributed by atoms with van der Waals surface area (Å²) in [7, 11) is -3.30. The van der Waals surface area contributed by atoms with Crippen LogP contribution in [-0.2, 0) is 15.4 Å². The van der Waals surface area contributed by atoms with Gasteiger partial charge in [0.2, 0.25) is 0 Å². The molecule has 0 bridgehead atoms. The van der Waals surface area contributed by atoms with Crippen LogP contribution in [0.5, 0.6) is 5.75 Å². The summed E-state index contributed by atoms with van der Waals surface area (Å²) in [6, 6.07) is 4.09. The van der Waals surface area contributed by atoms with Gasteiger partial charge >= 0.3 is 0 Å². The van der Waals surface area contributed by atoms with E-state index in [1.165, 1.54) is 18.2 Å². The number of benzene rings is 1. The quantitative estimate of drug-likeness (QED) is 0.654. The summed E-state index contributed by atoms with van der Waals surface area (Å²) >= 11 is 0. The Morgan fingerprint density at radius 2 is 2.20 bits per heavy atom. The number of sulfone groups is 1. The molecule has 1 atom stereocenters. The summed E-state index contributed by atoms with van der Waals surface area (Å²) in [5.74, 6) is 0.154. The van der Waals surface area contributed by atoms with Crippen molar-refractivity contribution >= 4 is 15.5 Å². The van der Waals surface area contributed by atoms with E-state index in [1.54, 1.807) is 6.92 Å². The molecule has 110 valence electrons. The summed E-state index contributed by atoms with van der Waals surface area (Å²) in [6.07, 6.45) is 0.306. The maximum Gasteiger partial charge on any atom is 0.270 e. The normalized spacial score (nSPS) is 21.9. The number of nitro benzene ring substituents is 1. The molecule has 1 aromatic rings. The molecule has 7 nitrogen and oxygen atoms in total. The van der Waals surface area contributed by atoms with Crippen LogP contribution in [0.4, 0.5) is 5.69 Å². The average molecular weight is 300 g/mol. The van der Waals surface area contributed by atoms with Crippen LogP contribution in [-0.4, -0.2) is 31.5 Å². The molecular formula is C12H16N2O5S. The van der Waals surface area contributed by atoms with Crippen molar-refractivity contribution in [2.75, 3.05) is 18.1 Å². The smallest absolute Gasteiger partial charge is 0.270 e. The third-order valence-electron chi connectivity index (χ3n) is 3.43. The van der Waals surface area contributed by atoms with E-state index >= 15 is 0 Å². The van der Waals surface area contributed by atoms with Crippen molar-refractivity contribution in [3.63, 3.8) is 0 Å². The largest absolute Gasteiger partial charge is 0.493 e. The summed E-state index contributed by atoms with van der Waals surface area (Å²) in [4.78, 5) is 10.3. The van der Waals surface area contributed by atoms with E-state index in [0.29, 0.717) is 24.3 Å². The first-order chi connectivity index (χ1) is 9.27. The van der Waals surface area contributed by atoms with E-state index in [4.69, 9.17) is 10.5 Å². The first kappa shape index (κ1) is 14.7. The highest BCUT2D eigenvalue weighted by Crippen LogP contribution is 2.38. The number of fused-ring (bicyclic) bond motifs is 1. The SMILES string of the molecule is CCS(=O)(=O)C[C@@]1(N)CCOc2ccc([N+](=O)[O-])cc21. The van der Waals surface area contributed by atoms with Gasteiger partial charge in [0.1, 0.15) is 5.75 Å². The molecule has 0 amide bonds. The van der Waals surface area contributed by atoms with E-state index in [9.17, 15) is 18.5 Å². The molecule has 0 unspecified atom stereocenters. The minimum atomic E-state index is -3.30. The summed E-state index contributed by atoms with van der Waals surface area (Å²) in [5, 5.41) is 10.8. The Morgan fingerprint density at radius 3 is 2.80 bits per heavy atom. The van der Waals surface area contributed by atoms with Crippen LogP contribution in [0.2, 0.25) is 0 Å². The summed E-state index contributed by atoms with van der Waals surface area (Å²) in [5.41, 5.74) is 5.33. The summed E-state index contributed by atoms with van der Waals surface area (Å²) in [6.45, 7) is 1.84. The van der Waals surface area contributed by atoms with Crippen LogP contribution in [0.1, 0.15) is 18.9 Å². The first-order valence-electron chi connectivity index (χ1n) is 6.18. The Hall–Kier alpha value is -1.67. The van der Waals surface area contributed by atoms with Gasteiger partial charge in [0.25, 0.3) is 5.69 Å². The predicted octanol–water partition coefficient (Wildman–Crippen LogP) is 0.966. The zero-order chi connectivity index (χ0) is 15.0. The Balaban J connectivity index is 2.50. The molecule has 8 heteroatoms. The van der Waals surface area contributed by atoms with Crippen molar-refractivity contribution < 1.29 is 18.1 Å². The van der Waals surface area contributed by atoms with Gasteiger partial charge in [-0.1, -0.05) is 6.92 Å². The fourth-order valence-corrected chi connectivity index (χ4v) is 3.56. The predicted molar refractivity (Wildman–Crippen MR) is 73.4 cm³/mol. The molecule has 0 saturated heterocycles. The molecule has 2 rings (SSSR count). The lowest BCUT2D eigenvalue weighted by molar-refractivity contribution is -0.385. The third kappa shape index (κ3) is 2.75. The van der Waals surface area contributed by atoms with Crippen LogP contribution < -0.4 is 10.5 Å². The van der Waals surface area contributed by atoms with Crippen molar-refractivity contribution in [2.24, 2.45) is 5.73 Å². The second-order valence-corrected chi connectivity index (χ2v) is 7.22. The van der Waals surface area contributed by atoms with Crippen LogP contribution in [0.15, 0.2) is 18.2 Å². The number of nitrogens with two attached hydrogens (primary N) is 1. The number of non-ortho nitro benzene ring substituents is 1. The Morgan fingerprint density at radius 1 is 1.50 bits per heavy atom. The van der Waals surface area contributed by atoms with Crippen LogP contribution in [0, 0.1) is 10.1 Å². The maximum atomic E-state index is 11.8. The van der Waals surface area contributed by atoms with Crippen molar-refractivity contribution in [1.82, 2.24) is 0 Å². The molecule has 1 aliphatic heterocycles. The number of rotatable bonds is 4. The van der Waals surface area contributed by atoms with Gasteiger partial charge in [-0.3, -0.25) is 10.1 Å². The number of hydrogen-bond donors (Lipinski definition) is 1. The molecule has 0 saturated carbocycles. The van der Waals surface area contributed by atoms with Gasteiger partial charge in [-0.2, -0.15) is 0 Å². The van der Waals surface area contributed by atoms with Crippen molar-refractivity contribution in [3.05, 3.63) is 33.9 Å². The zero-order valence-corrected chi connectivity index (χ0v) is 11.9. The number of nitrogens with zero attached hydrogens (tertiary/aromatic N) is 1. The van der Waals surface area contributed by atoms with Crippen LogP contribution >= 0.6 is 0 Å². The van der Waals surface area contributed by atoms with Crippen molar-refractivity contribution in [3.8, 4) is 5.75 Å². The van der Waals surface area contributed by atoms with Crippen molar-refractivity contribution in [2.45, 2.75) is 18.9 Å². The highest BCUT2D eigenvalue weighted by molar-refractivity contribution is 7.91. The highest BCUT2D eigenvalue weighted by atomic mass is 32.2. The molecule has 1 aliphatic rings. The van der Waals surface area contributed by atoms with Gasteiger partial charge in [-0.25, -0.2) is 8.42 Å². The van der Waals surface area contributed by atoms with Gasteiger partial charge in [-0.15, -0.1) is 0 Å². The van der Waals surface area contributed by atoms with E-state index in [-0.39, 0.29) is 17.2 Å². The molecule has 20 heavy (non-hydrogen) atoms. The fraction of sp³-hybridized carbons (Fsp3) is 0.500. The molecule has 0 aromatic heterocycles. The molecule has 2 N–H and O–H groups in total. The van der Waals surface area contributed by atoms with Crippen LogP contribution in [0.3, 0.4) is 0 Å². The lowest BCUT2D eigenvalue weighted by Gasteiger charge is -2.35. The number of nitro groups is 1. The molecule has 0 spiro atoms. The maximum absolute atomic E-state index is 11.8. The zero-order valence-electron chi connectivity index (χ0n) is 11.0. The molecule has 0 radical (unpaired) electrons. The monoisotopic (exact) mass is 300 g/mol. The molecular weight excluding hydrogens is 284 g/mol. The van der Waals surface area contributed by atoms with Crippen molar-refractivity contribution in [1.29, 1.82) is 0 Å². The molecule has 1 aromatic carbocycles. The Labute approximate surface area is 116 Å².